The number of aliphatic imine (C=N–C) groups is 1. The van der Waals surface area contributed by atoms with Crippen LogP contribution in [-0.2, 0) is 13.0 Å². The molecule has 2 aliphatic rings. The molecule has 2 N–H and O–H groups in total. The van der Waals surface area contributed by atoms with Gasteiger partial charge in [-0.25, -0.2) is 4.39 Å². The van der Waals surface area contributed by atoms with E-state index >= 15 is 0 Å². The lowest BCUT2D eigenvalue weighted by molar-refractivity contribution is 0.359. The van der Waals surface area contributed by atoms with E-state index in [2.05, 4.69) is 29.6 Å². The number of piperazine rings is 1. The van der Waals surface area contributed by atoms with Gasteiger partial charge in [0.15, 0.2) is 5.96 Å². The molecule has 0 saturated carbocycles. The summed E-state index contributed by atoms with van der Waals surface area (Å²) in [5.41, 5.74) is 7.30. The molecule has 2 aliphatic heterocycles. The third kappa shape index (κ3) is 3.89. The van der Waals surface area contributed by atoms with Crippen LogP contribution < -0.4 is 10.6 Å². The van der Waals surface area contributed by atoms with Crippen molar-refractivity contribution >= 4 is 11.6 Å². The smallest absolute Gasteiger partial charge is 0.191 e. The molecule has 1 saturated heterocycles. The zero-order valence-corrected chi connectivity index (χ0v) is 15.7. The van der Waals surface area contributed by atoms with E-state index in [0.29, 0.717) is 11.9 Å². The molecule has 7 nitrogen and oxygen atoms in total. The summed E-state index contributed by atoms with van der Waals surface area (Å²) in [6.07, 6.45) is 2.03. The van der Waals surface area contributed by atoms with Gasteiger partial charge in [0, 0.05) is 51.4 Å². The molecule has 0 bridgehead atoms. The first-order chi connectivity index (χ1) is 13.1. The average Bonchev–Trinajstić information content (AvgIpc) is 3.07. The first kappa shape index (κ1) is 17.8. The van der Waals surface area contributed by atoms with Crippen LogP contribution in [0.5, 0.6) is 0 Å². The molecule has 1 unspecified atom stereocenters. The summed E-state index contributed by atoms with van der Waals surface area (Å²) in [4.78, 5) is 9.05. The van der Waals surface area contributed by atoms with E-state index in [-0.39, 0.29) is 5.82 Å². The Morgan fingerprint density at radius 1 is 1.19 bits per heavy atom. The third-order valence-corrected chi connectivity index (χ3v) is 5.54. The van der Waals surface area contributed by atoms with Crippen LogP contribution in [0, 0.1) is 18.7 Å². The number of guanidine groups is 1. The number of nitrogens with zero attached hydrogens (tertiary/aromatic N) is 6. The second-order valence-electron chi connectivity index (χ2n) is 7.33. The van der Waals surface area contributed by atoms with Gasteiger partial charge in [-0.2, -0.15) is 0 Å². The van der Waals surface area contributed by atoms with E-state index in [1.165, 1.54) is 12.1 Å². The quantitative estimate of drug-likeness (QED) is 0.652. The zero-order chi connectivity index (χ0) is 18.8. The Kier molecular flexibility index (Phi) is 4.96. The molecule has 8 heteroatoms. The standard InChI is InChI=1S/C19H26FN7/c1-14-23-24-18-7-2-15(13-27(14)18)12-22-19(21)26-10-8-25(9-11-26)17-5-3-16(20)4-6-17/h3-6,15H,2,7-13H2,1H3,(H2,21,22). The number of halogens is 1. The predicted octanol–water partition coefficient (Wildman–Crippen LogP) is 1.42. The summed E-state index contributed by atoms with van der Waals surface area (Å²) >= 11 is 0. The van der Waals surface area contributed by atoms with Gasteiger partial charge in [-0.1, -0.05) is 0 Å². The number of hydrogen-bond acceptors (Lipinski definition) is 4. The molecule has 144 valence electrons. The van der Waals surface area contributed by atoms with Gasteiger partial charge in [0.25, 0.3) is 0 Å². The van der Waals surface area contributed by atoms with Crippen molar-refractivity contribution in [3.63, 3.8) is 0 Å². The van der Waals surface area contributed by atoms with E-state index in [1.54, 1.807) is 0 Å². The molecule has 1 aromatic heterocycles. The van der Waals surface area contributed by atoms with Crippen LogP contribution in [0.2, 0.25) is 0 Å². The van der Waals surface area contributed by atoms with Crippen molar-refractivity contribution in [2.24, 2.45) is 16.6 Å². The molecule has 0 radical (unpaired) electrons. The molecule has 0 aliphatic carbocycles. The van der Waals surface area contributed by atoms with Gasteiger partial charge in [0.2, 0.25) is 0 Å². The lowest BCUT2D eigenvalue weighted by Gasteiger charge is -2.36. The molecule has 1 aromatic carbocycles. The SMILES string of the molecule is Cc1nnc2n1CC(CN=C(N)N1CCN(c3ccc(F)cc3)CC1)CC2. The predicted molar refractivity (Wildman–Crippen MR) is 103 cm³/mol. The van der Waals surface area contributed by atoms with Crippen molar-refractivity contribution in [3.8, 4) is 0 Å². The number of hydrogen-bond donors (Lipinski definition) is 1. The van der Waals surface area contributed by atoms with Gasteiger partial charge in [-0.3, -0.25) is 4.99 Å². The average molecular weight is 371 g/mol. The Balaban J connectivity index is 1.29. The molecule has 0 amide bonds. The zero-order valence-electron chi connectivity index (χ0n) is 15.7. The normalized spacial score (nSPS) is 20.7. The minimum atomic E-state index is -0.203. The van der Waals surface area contributed by atoms with E-state index in [1.807, 2.05) is 19.1 Å². The number of fused-ring (bicyclic) bond motifs is 1. The first-order valence-electron chi connectivity index (χ1n) is 9.54. The Bertz CT molecular complexity index is 806. The van der Waals surface area contributed by atoms with Crippen molar-refractivity contribution < 1.29 is 4.39 Å². The maximum atomic E-state index is 13.1. The highest BCUT2D eigenvalue weighted by Crippen LogP contribution is 2.20. The van der Waals surface area contributed by atoms with Crippen LogP contribution >= 0.6 is 0 Å². The highest BCUT2D eigenvalue weighted by Gasteiger charge is 2.22. The molecule has 4 rings (SSSR count). The highest BCUT2D eigenvalue weighted by molar-refractivity contribution is 5.78. The largest absolute Gasteiger partial charge is 0.370 e. The fourth-order valence-electron chi connectivity index (χ4n) is 3.85. The number of benzene rings is 1. The van der Waals surface area contributed by atoms with Gasteiger partial charge < -0.3 is 20.1 Å². The second kappa shape index (κ2) is 7.54. The number of anilines is 1. The van der Waals surface area contributed by atoms with Crippen molar-refractivity contribution in [2.45, 2.75) is 26.3 Å². The van der Waals surface area contributed by atoms with Crippen LogP contribution in [0.1, 0.15) is 18.1 Å². The lowest BCUT2D eigenvalue weighted by Crippen LogP contribution is -2.51. The van der Waals surface area contributed by atoms with E-state index in [9.17, 15) is 4.39 Å². The molecular weight excluding hydrogens is 345 g/mol. The van der Waals surface area contributed by atoms with E-state index in [4.69, 9.17) is 5.73 Å². The van der Waals surface area contributed by atoms with Crippen LogP contribution in [0.15, 0.2) is 29.3 Å². The molecule has 1 atom stereocenters. The van der Waals surface area contributed by atoms with Gasteiger partial charge in [0.1, 0.15) is 17.5 Å². The van der Waals surface area contributed by atoms with Gasteiger partial charge in [0.05, 0.1) is 0 Å². The number of aromatic nitrogens is 3. The molecule has 2 aromatic rings. The molecule has 0 spiro atoms. The summed E-state index contributed by atoms with van der Waals surface area (Å²) in [5, 5.41) is 8.37. The van der Waals surface area contributed by atoms with Crippen molar-refractivity contribution in [3.05, 3.63) is 41.7 Å². The Hall–Kier alpha value is -2.64. The Morgan fingerprint density at radius 3 is 2.67 bits per heavy atom. The Labute approximate surface area is 158 Å². The summed E-state index contributed by atoms with van der Waals surface area (Å²) in [7, 11) is 0. The fraction of sp³-hybridized carbons (Fsp3) is 0.526. The monoisotopic (exact) mass is 371 g/mol. The second-order valence-corrected chi connectivity index (χ2v) is 7.33. The van der Waals surface area contributed by atoms with Crippen molar-refractivity contribution in [1.82, 2.24) is 19.7 Å². The Morgan fingerprint density at radius 2 is 1.93 bits per heavy atom. The molecule has 1 fully saturated rings. The number of aryl methyl sites for hydroxylation is 2. The van der Waals surface area contributed by atoms with Gasteiger partial charge in [-0.15, -0.1) is 10.2 Å². The molecule has 3 heterocycles. The van der Waals surface area contributed by atoms with Crippen molar-refractivity contribution in [1.29, 1.82) is 0 Å². The number of nitrogens with two attached hydrogens (primary N) is 1. The summed E-state index contributed by atoms with van der Waals surface area (Å²) in [5.74, 6) is 2.96. The van der Waals surface area contributed by atoms with Crippen LogP contribution in [0.4, 0.5) is 10.1 Å². The van der Waals surface area contributed by atoms with E-state index in [0.717, 1.165) is 69.4 Å². The minimum Gasteiger partial charge on any atom is -0.370 e. The summed E-state index contributed by atoms with van der Waals surface area (Å²) in [6.45, 7) is 7.02. The topological polar surface area (TPSA) is 75.6 Å². The molecule has 27 heavy (non-hydrogen) atoms. The van der Waals surface area contributed by atoms with Crippen molar-refractivity contribution in [2.75, 3.05) is 37.6 Å². The van der Waals surface area contributed by atoms with Gasteiger partial charge in [-0.05, 0) is 43.5 Å². The lowest BCUT2D eigenvalue weighted by atomic mass is 9.99. The van der Waals surface area contributed by atoms with Gasteiger partial charge >= 0.3 is 0 Å². The first-order valence-corrected chi connectivity index (χ1v) is 9.54. The molecular formula is C19H26FN7. The highest BCUT2D eigenvalue weighted by atomic mass is 19.1. The third-order valence-electron chi connectivity index (χ3n) is 5.54. The fourth-order valence-corrected chi connectivity index (χ4v) is 3.85. The van der Waals surface area contributed by atoms with Crippen LogP contribution in [-0.4, -0.2) is 58.3 Å². The maximum Gasteiger partial charge on any atom is 0.191 e. The maximum absolute atomic E-state index is 13.1. The number of rotatable bonds is 3. The summed E-state index contributed by atoms with van der Waals surface area (Å²) < 4.78 is 15.3. The van der Waals surface area contributed by atoms with Crippen LogP contribution in [0.3, 0.4) is 0 Å². The van der Waals surface area contributed by atoms with Crippen LogP contribution in [0.25, 0.3) is 0 Å². The minimum absolute atomic E-state index is 0.203. The van der Waals surface area contributed by atoms with E-state index < -0.39 is 0 Å². The summed E-state index contributed by atoms with van der Waals surface area (Å²) in [6, 6.07) is 6.66.